The summed E-state index contributed by atoms with van der Waals surface area (Å²) in [4.78, 5) is 4.10. The van der Waals surface area contributed by atoms with Crippen LogP contribution < -0.4 is 21.4 Å². The van der Waals surface area contributed by atoms with Crippen molar-refractivity contribution in [2.45, 2.75) is 38.9 Å². The highest BCUT2D eigenvalue weighted by molar-refractivity contribution is 7.14. The van der Waals surface area contributed by atoms with Crippen LogP contribution >= 0.6 is 11.3 Å². The maximum atomic E-state index is 6.11. The number of hydrogen-bond donors (Lipinski definition) is 2. The SMILES string of the molecule is COc1ccc(B2OC(C)(C)C(C)(C)O2)cc1C=NNc1nc(N)cs1. The van der Waals surface area contributed by atoms with Gasteiger partial charge in [0.1, 0.15) is 11.6 Å². The Kier molecular flexibility index (Phi) is 4.96. The molecule has 1 aromatic carbocycles. The molecule has 7 nitrogen and oxygen atoms in total. The second kappa shape index (κ2) is 6.90. The molecule has 0 amide bonds. The van der Waals surface area contributed by atoms with Gasteiger partial charge in [-0.2, -0.15) is 5.10 Å². The van der Waals surface area contributed by atoms with Gasteiger partial charge in [-0.25, -0.2) is 4.98 Å². The van der Waals surface area contributed by atoms with Crippen LogP contribution in [0.2, 0.25) is 0 Å². The third-order valence-electron chi connectivity index (χ3n) is 4.66. The molecule has 0 unspecified atom stereocenters. The fourth-order valence-corrected chi connectivity index (χ4v) is 3.02. The number of benzene rings is 1. The number of hydrogen-bond acceptors (Lipinski definition) is 8. The lowest BCUT2D eigenvalue weighted by Crippen LogP contribution is -2.41. The molecule has 1 aliphatic rings. The summed E-state index contributed by atoms with van der Waals surface area (Å²) >= 11 is 1.39. The van der Waals surface area contributed by atoms with Gasteiger partial charge in [-0.1, -0.05) is 6.07 Å². The molecule has 0 atom stereocenters. The van der Waals surface area contributed by atoms with E-state index >= 15 is 0 Å². The zero-order valence-corrected chi connectivity index (χ0v) is 16.4. The first-order chi connectivity index (χ1) is 12.2. The summed E-state index contributed by atoms with van der Waals surface area (Å²) in [6.45, 7) is 8.12. The highest BCUT2D eigenvalue weighted by Gasteiger charge is 2.51. The van der Waals surface area contributed by atoms with Crippen LogP contribution in [0.15, 0.2) is 28.7 Å². The van der Waals surface area contributed by atoms with E-state index in [2.05, 4.69) is 15.5 Å². The summed E-state index contributed by atoms with van der Waals surface area (Å²) in [7, 11) is 1.18. The Morgan fingerprint density at radius 1 is 1.27 bits per heavy atom. The third-order valence-corrected chi connectivity index (χ3v) is 5.43. The molecule has 9 heteroatoms. The number of nitrogens with one attached hydrogen (secondary N) is 1. The first kappa shape index (κ1) is 18.7. The van der Waals surface area contributed by atoms with Gasteiger partial charge in [-0.15, -0.1) is 11.3 Å². The van der Waals surface area contributed by atoms with Crippen LogP contribution in [0.3, 0.4) is 0 Å². The van der Waals surface area contributed by atoms with Crippen molar-refractivity contribution in [1.29, 1.82) is 0 Å². The van der Waals surface area contributed by atoms with Gasteiger partial charge in [0.25, 0.3) is 0 Å². The van der Waals surface area contributed by atoms with Gasteiger partial charge in [0.2, 0.25) is 5.13 Å². The summed E-state index contributed by atoms with van der Waals surface area (Å²) in [6.07, 6.45) is 1.67. The zero-order chi connectivity index (χ0) is 18.9. The number of aromatic nitrogens is 1. The average molecular weight is 374 g/mol. The number of nitrogens with zero attached hydrogens (tertiary/aromatic N) is 2. The van der Waals surface area contributed by atoms with Gasteiger partial charge >= 0.3 is 7.12 Å². The Morgan fingerprint density at radius 2 is 1.96 bits per heavy atom. The molecule has 2 aromatic rings. The van der Waals surface area contributed by atoms with Crippen LogP contribution in [0.4, 0.5) is 10.9 Å². The molecule has 1 fully saturated rings. The average Bonchev–Trinajstić information content (AvgIpc) is 3.07. The standard InChI is InChI=1S/C17H23BN4O3S/c1-16(2)17(3,4)25-18(24-16)12-6-7-13(23-5)11(8-12)9-20-22-15-21-14(19)10-26-15/h6-10H,19H2,1-5H3,(H,21,22). The van der Waals surface area contributed by atoms with Crippen molar-refractivity contribution >= 4 is 41.1 Å². The number of ether oxygens (including phenoxy) is 1. The van der Waals surface area contributed by atoms with Crippen LogP contribution in [0.25, 0.3) is 0 Å². The van der Waals surface area contributed by atoms with Crippen LogP contribution in [-0.4, -0.2) is 36.6 Å². The first-order valence-corrected chi connectivity index (χ1v) is 9.13. The fourth-order valence-electron chi connectivity index (χ4n) is 2.47. The van der Waals surface area contributed by atoms with Crippen molar-refractivity contribution in [1.82, 2.24) is 4.98 Å². The van der Waals surface area contributed by atoms with E-state index in [0.29, 0.717) is 16.7 Å². The molecular formula is C17H23BN4O3S. The molecule has 1 aromatic heterocycles. The Morgan fingerprint density at radius 3 is 2.54 bits per heavy atom. The number of hydrazone groups is 1. The number of thiazole rings is 1. The predicted molar refractivity (Wildman–Crippen MR) is 106 cm³/mol. The Balaban J connectivity index is 1.81. The van der Waals surface area contributed by atoms with Gasteiger partial charge in [0.05, 0.1) is 24.5 Å². The van der Waals surface area contributed by atoms with Crippen LogP contribution in [0.1, 0.15) is 33.3 Å². The topological polar surface area (TPSA) is 91.0 Å². The zero-order valence-electron chi connectivity index (χ0n) is 15.6. The minimum atomic E-state index is -0.440. The number of nitrogen functional groups attached to an aromatic ring is 1. The van der Waals surface area contributed by atoms with Crippen molar-refractivity contribution in [2.24, 2.45) is 5.10 Å². The summed E-state index contributed by atoms with van der Waals surface area (Å²) in [6, 6.07) is 5.76. The number of nitrogens with two attached hydrogens (primary N) is 1. The lowest BCUT2D eigenvalue weighted by molar-refractivity contribution is 0.00578. The lowest BCUT2D eigenvalue weighted by atomic mass is 9.78. The monoisotopic (exact) mass is 374 g/mol. The van der Waals surface area contributed by atoms with Gasteiger partial charge in [-0.3, -0.25) is 5.43 Å². The summed E-state index contributed by atoms with van der Waals surface area (Å²) in [5.74, 6) is 1.17. The molecule has 0 spiro atoms. The van der Waals surface area contributed by atoms with Crippen molar-refractivity contribution in [3.05, 3.63) is 29.1 Å². The van der Waals surface area contributed by atoms with Crippen LogP contribution in [0.5, 0.6) is 5.75 Å². The van der Waals surface area contributed by atoms with Gasteiger partial charge in [0, 0.05) is 10.9 Å². The first-order valence-electron chi connectivity index (χ1n) is 8.25. The normalized spacial score (nSPS) is 18.4. The summed E-state index contributed by atoms with van der Waals surface area (Å²) in [5.41, 5.74) is 9.39. The van der Waals surface area contributed by atoms with Gasteiger partial charge in [0.15, 0.2) is 0 Å². The largest absolute Gasteiger partial charge is 0.496 e. The molecule has 1 saturated heterocycles. The third kappa shape index (κ3) is 3.69. The highest BCUT2D eigenvalue weighted by Crippen LogP contribution is 2.36. The van der Waals surface area contributed by atoms with E-state index in [4.69, 9.17) is 19.8 Å². The Labute approximate surface area is 157 Å². The van der Waals surface area contributed by atoms with E-state index in [1.165, 1.54) is 11.3 Å². The van der Waals surface area contributed by atoms with Crippen molar-refractivity contribution in [2.75, 3.05) is 18.3 Å². The maximum Gasteiger partial charge on any atom is 0.494 e. The molecule has 26 heavy (non-hydrogen) atoms. The molecular weight excluding hydrogens is 351 g/mol. The van der Waals surface area contributed by atoms with Gasteiger partial charge in [-0.05, 0) is 45.3 Å². The smallest absolute Gasteiger partial charge is 0.494 e. The van der Waals surface area contributed by atoms with E-state index in [9.17, 15) is 0 Å². The van der Waals surface area contributed by atoms with E-state index in [1.807, 2.05) is 45.9 Å². The molecule has 2 heterocycles. The van der Waals surface area contributed by atoms with Crippen molar-refractivity contribution in [3.8, 4) is 5.75 Å². The second-order valence-corrected chi connectivity index (χ2v) is 7.90. The predicted octanol–water partition coefficient (Wildman–Crippen LogP) is 2.48. The minimum Gasteiger partial charge on any atom is -0.496 e. The van der Waals surface area contributed by atoms with E-state index < -0.39 is 18.3 Å². The summed E-state index contributed by atoms with van der Waals surface area (Å²) in [5, 5.41) is 6.59. The quantitative estimate of drug-likeness (QED) is 0.475. The number of methoxy groups -OCH3 is 1. The van der Waals surface area contributed by atoms with E-state index in [1.54, 1.807) is 18.7 Å². The molecule has 0 aliphatic carbocycles. The molecule has 3 rings (SSSR count). The lowest BCUT2D eigenvalue weighted by Gasteiger charge is -2.32. The van der Waals surface area contributed by atoms with Crippen LogP contribution in [0, 0.1) is 0 Å². The Hall–Kier alpha value is -2.10. The van der Waals surface area contributed by atoms with Crippen molar-refractivity contribution < 1.29 is 14.0 Å². The van der Waals surface area contributed by atoms with Crippen LogP contribution in [-0.2, 0) is 9.31 Å². The minimum absolute atomic E-state index is 0.391. The van der Waals surface area contributed by atoms with E-state index in [-0.39, 0.29) is 0 Å². The highest BCUT2D eigenvalue weighted by atomic mass is 32.1. The molecule has 1 aliphatic heterocycles. The molecule has 0 radical (unpaired) electrons. The fraction of sp³-hybridized carbons (Fsp3) is 0.412. The maximum absolute atomic E-state index is 6.11. The number of anilines is 2. The second-order valence-electron chi connectivity index (χ2n) is 7.04. The summed E-state index contributed by atoms with van der Waals surface area (Å²) < 4.78 is 17.6. The molecule has 0 bridgehead atoms. The molecule has 138 valence electrons. The molecule has 3 N–H and O–H groups in total. The van der Waals surface area contributed by atoms with Crippen molar-refractivity contribution in [3.63, 3.8) is 0 Å². The number of rotatable bonds is 5. The van der Waals surface area contributed by atoms with E-state index in [0.717, 1.165) is 11.0 Å². The van der Waals surface area contributed by atoms with Gasteiger partial charge < -0.3 is 19.8 Å². The molecule has 0 saturated carbocycles. The Bertz CT molecular complexity index is 806.